The molecular formula is C20H22N2O3. The standard InChI is InChI=1S/C20H22N2O3/c1-14-5-4-6-17(11-14)25-10-9-22(2)20(23)19-12-15-7-8-16(24-3)13-18(15)21-19/h4-8,11-13,21H,9-10H2,1-3H3. The van der Waals surface area contributed by atoms with Gasteiger partial charge < -0.3 is 19.4 Å². The Labute approximate surface area is 147 Å². The number of amides is 1. The summed E-state index contributed by atoms with van der Waals surface area (Å²) in [6.45, 7) is 2.97. The lowest BCUT2D eigenvalue weighted by Gasteiger charge is -2.16. The summed E-state index contributed by atoms with van der Waals surface area (Å²) in [6, 6.07) is 15.4. The van der Waals surface area contributed by atoms with Crippen LogP contribution >= 0.6 is 0 Å². The molecule has 1 N–H and O–H groups in total. The molecule has 0 aliphatic carbocycles. The fraction of sp³-hybridized carbons (Fsp3) is 0.250. The number of likely N-dealkylation sites (N-methyl/N-ethyl adjacent to an activating group) is 1. The van der Waals surface area contributed by atoms with E-state index < -0.39 is 0 Å². The van der Waals surface area contributed by atoms with Crippen molar-refractivity contribution in [1.29, 1.82) is 0 Å². The van der Waals surface area contributed by atoms with Gasteiger partial charge in [-0.25, -0.2) is 0 Å². The minimum atomic E-state index is -0.0667. The number of fused-ring (bicyclic) bond motifs is 1. The van der Waals surface area contributed by atoms with Crippen molar-refractivity contribution in [2.45, 2.75) is 6.92 Å². The van der Waals surface area contributed by atoms with Gasteiger partial charge in [0.05, 0.1) is 13.7 Å². The number of carbonyl (C=O) groups is 1. The first-order valence-corrected chi connectivity index (χ1v) is 8.18. The van der Waals surface area contributed by atoms with Crippen molar-refractivity contribution in [3.63, 3.8) is 0 Å². The summed E-state index contributed by atoms with van der Waals surface area (Å²) in [5.41, 5.74) is 2.59. The van der Waals surface area contributed by atoms with Crippen molar-refractivity contribution < 1.29 is 14.3 Å². The number of hydrogen-bond donors (Lipinski definition) is 1. The Kier molecular flexibility index (Phi) is 4.93. The number of rotatable bonds is 6. The fourth-order valence-corrected chi connectivity index (χ4v) is 2.66. The first-order chi connectivity index (χ1) is 12.1. The Bertz CT molecular complexity index is 886. The highest BCUT2D eigenvalue weighted by Gasteiger charge is 2.14. The molecule has 1 amide bonds. The van der Waals surface area contributed by atoms with Gasteiger partial charge in [-0.05, 0) is 42.8 Å². The number of carbonyl (C=O) groups excluding carboxylic acids is 1. The molecule has 2 aromatic carbocycles. The second kappa shape index (κ2) is 7.30. The molecule has 0 bridgehead atoms. The smallest absolute Gasteiger partial charge is 0.270 e. The van der Waals surface area contributed by atoms with E-state index in [9.17, 15) is 4.79 Å². The molecule has 25 heavy (non-hydrogen) atoms. The molecule has 0 spiro atoms. The average molecular weight is 338 g/mol. The number of aryl methyl sites for hydroxylation is 1. The number of aromatic nitrogens is 1. The Balaban J connectivity index is 1.62. The average Bonchev–Trinajstić information content (AvgIpc) is 3.04. The number of benzene rings is 2. The van der Waals surface area contributed by atoms with Gasteiger partial charge in [-0.1, -0.05) is 12.1 Å². The molecule has 0 atom stereocenters. The third-order valence-corrected chi connectivity index (χ3v) is 4.09. The van der Waals surface area contributed by atoms with Crippen molar-refractivity contribution in [3.05, 3.63) is 59.8 Å². The van der Waals surface area contributed by atoms with E-state index in [-0.39, 0.29) is 5.91 Å². The van der Waals surface area contributed by atoms with Crippen LogP contribution in [0.2, 0.25) is 0 Å². The summed E-state index contributed by atoms with van der Waals surface area (Å²) < 4.78 is 10.9. The normalized spacial score (nSPS) is 10.7. The lowest BCUT2D eigenvalue weighted by Crippen LogP contribution is -2.31. The number of methoxy groups -OCH3 is 1. The van der Waals surface area contributed by atoms with Crippen LogP contribution in [0.15, 0.2) is 48.5 Å². The van der Waals surface area contributed by atoms with E-state index >= 15 is 0 Å². The minimum absolute atomic E-state index is 0.0667. The van der Waals surface area contributed by atoms with E-state index in [4.69, 9.17) is 9.47 Å². The summed E-state index contributed by atoms with van der Waals surface area (Å²) in [4.78, 5) is 17.4. The molecule has 0 saturated heterocycles. The van der Waals surface area contributed by atoms with Gasteiger partial charge in [-0.3, -0.25) is 4.79 Å². The van der Waals surface area contributed by atoms with Gasteiger partial charge in [0.15, 0.2) is 0 Å². The topological polar surface area (TPSA) is 54.6 Å². The molecule has 3 aromatic rings. The number of hydrogen-bond acceptors (Lipinski definition) is 3. The molecule has 0 fully saturated rings. The number of nitrogens with zero attached hydrogens (tertiary/aromatic N) is 1. The molecule has 0 aliphatic rings. The predicted molar refractivity (Wildman–Crippen MR) is 98.5 cm³/mol. The minimum Gasteiger partial charge on any atom is -0.497 e. The summed E-state index contributed by atoms with van der Waals surface area (Å²) in [6.07, 6.45) is 0. The van der Waals surface area contributed by atoms with Crippen LogP contribution in [-0.4, -0.2) is 43.1 Å². The summed E-state index contributed by atoms with van der Waals surface area (Å²) in [5, 5.41) is 0.980. The van der Waals surface area contributed by atoms with Crippen LogP contribution in [0.3, 0.4) is 0 Å². The van der Waals surface area contributed by atoms with E-state index in [1.807, 2.05) is 55.5 Å². The zero-order chi connectivity index (χ0) is 17.8. The molecule has 1 heterocycles. The Morgan fingerprint density at radius 3 is 2.72 bits per heavy atom. The largest absolute Gasteiger partial charge is 0.497 e. The summed E-state index contributed by atoms with van der Waals surface area (Å²) in [5.74, 6) is 1.51. The van der Waals surface area contributed by atoms with Crippen molar-refractivity contribution in [1.82, 2.24) is 9.88 Å². The Morgan fingerprint density at radius 1 is 1.12 bits per heavy atom. The van der Waals surface area contributed by atoms with Crippen LogP contribution in [0.25, 0.3) is 10.9 Å². The van der Waals surface area contributed by atoms with Gasteiger partial charge in [0, 0.05) is 24.0 Å². The van der Waals surface area contributed by atoms with Crippen molar-refractivity contribution in [2.75, 3.05) is 27.3 Å². The lowest BCUT2D eigenvalue weighted by atomic mass is 10.2. The molecule has 3 rings (SSSR count). The van der Waals surface area contributed by atoms with Gasteiger partial charge in [-0.15, -0.1) is 0 Å². The van der Waals surface area contributed by atoms with Gasteiger partial charge in [0.2, 0.25) is 0 Å². The highest BCUT2D eigenvalue weighted by Crippen LogP contribution is 2.21. The van der Waals surface area contributed by atoms with Gasteiger partial charge in [-0.2, -0.15) is 0 Å². The van der Waals surface area contributed by atoms with Crippen LogP contribution in [-0.2, 0) is 0 Å². The first-order valence-electron chi connectivity index (χ1n) is 8.18. The SMILES string of the molecule is COc1ccc2cc(C(=O)N(C)CCOc3cccc(C)c3)[nH]c2c1. The molecular weight excluding hydrogens is 316 g/mol. The van der Waals surface area contributed by atoms with Crippen molar-refractivity contribution >= 4 is 16.8 Å². The number of aromatic amines is 1. The molecule has 0 radical (unpaired) electrons. The van der Waals surface area contributed by atoms with Gasteiger partial charge in [0.1, 0.15) is 23.8 Å². The number of H-pyrrole nitrogens is 1. The fourth-order valence-electron chi connectivity index (χ4n) is 2.66. The summed E-state index contributed by atoms with van der Waals surface area (Å²) in [7, 11) is 3.40. The second-order valence-electron chi connectivity index (χ2n) is 6.03. The maximum absolute atomic E-state index is 12.6. The van der Waals surface area contributed by atoms with Gasteiger partial charge >= 0.3 is 0 Å². The molecule has 0 saturated carbocycles. The van der Waals surface area contributed by atoms with E-state index in [1.54, 1.807) is 19.1 Å². The maximum Gasteiger partial charge on any atom is 0.270 e. The van der Waals surface area contributed by atoms with E-state index in [2.05, 4.69) is 4.98 Å². The number of ether oxygens (including phenoxy) is 2. The predicted octanol–water partition coefficient (Wildman–Crippen LogP) is 3.64. The van der Waals surface area contributed by atoms with Gasteiger partial charge in [0.25, 0.3) is 5.91 Å². The van der Waals surface area contributed by atoms with Crippen LogP contribution in [0.1, 0.15) is 16.1 Å². The molecule has 1 aromatic heterocycles. The quantitative estimate of drug-likeness (QED) is 0.747. The first kappa shape index (κ1) is 16.9. The monoisotopic (exact) mass is 338 g/mol. The third-order valence-electron chi connectivity index (χ3n) is 4.09. The van der Waals surface area contributed by atoms with Crippen molar-refractivity contribution in [3.8, 4) is 11.5 Å². The van der Waals surface area contributed by atoms with Crippen LogP contribution < -0.4 is 9.47 Å². The maximum atomic E-state index is 12.6. The zero-order valence-electron chi connectivity index (χ0n) is 14.7. The lowest BCUT2D eigenvalue weighted by molar-refractivity contribution is 0.0769. The highest BCUT2D eigenvalue weighted by molar-refractivity contribution is 5.98. The zero-order valence-corrected chi connectivity index (χ0v) is 14.7. The molecule has 0 unspecified atom stereocenters. The van der Waals surface area contributed by atoms with Crippen LogP contribution in [0, 0.1) is 6.92 Å². The van der Waals surface area contributed by atoms with Crippen LogP contribution in [0.5, 0.6) is 11.5 Å². The molecule has 5 heteroatoms. The van der Waals surface area contributed by atoms with E-state index in [1.165, 1.54) is 0 Å². The number of nitrogens with one attached hydrogen (secondary N) is 1. The second-order valence-corrected chi connectivity index (χ2v) is 6.03. The Hall–Kier alpha value is -2.95. The van der Waals surface area contributed by atoms with Crippen molar-refractivity contribution in [2.24, 2.45) is 0 Å². The molecule has 5 nitrogen and oxygen atoms in total. The van der Waals surface area contributed by atoms with E-state index in [0.717, 1.165) is 28.0 Å². The third kappa shape index (κ3) is 3.94. The summed E-state index contributed by atoms with van der Waals surface area (Å²) >= 11 is 0. The molecule has 0 aliphatic heterocycles. The van der Waals surface area contributed by atoms with Crippen LogP contribution in [0.4, 0.5) is 0 Å². The van der Waals surface area contributed by atoms with E-state index in [0.29, 0.717) is 18.8 Å². The molecule has 130 valence electrons. The highest BCUT2D eigenvalue weighted by atomic mass is 16.5. The Morgan fingerprint density at radius 2 is 1.96 bits per heavy atom.